The SMILES string of the molecule is Cc1ccc(OCCC(=O)Nc2c(F)cccc2F)cc1. The number of anilines is 1. The van der Waals surface area contributed by atoms with Gasteiger partial charge in [0.1, 0.15) is 23.1 Å². The normalized spacial score (nSPS) is 10.2. The first-order chi connectivity index (χ1) is 10.1. The second kappa shape index (κ2) is 6.83. The smallest absolute Gasteiger partial charge is 0.227 e. The lowest BCUT2D eigenvalue weighted by Gasteiger charge is -2.09. The van der Waals surface area contributed by atoms with Crippen molar-refractivity contribution >= 4 is 11.6 Å². The minimum Gasteiger partial charge on any atom is -0.493 e. The number of hydrogen-bond acceptors (Lipinski definition) is 2. The molecular weight excluding hydrogens is 276 g/mol. The van der Waals surface area contributed by atoms with Gasteiger partial charge in [-0.25, -0.2) is 8.78 Å². The van der Waals surface area contributed by atoms with Crippen molar-refractivity contribution < 1.29 is 18.3 Å². The predicted molar refractivity (Wildman–Crippen MR) is 76.3 cm³/mol. The quantitative estimate of drug-likeness (QED) is 0.912. The van der Waals surface area contributed by atoms with Crippen LogP contribution in [0.25, 0.3) is 0 Å². The van der Waals surface area contributed by atoms with Crippen LogP contribution in [0.4, 0.5) is 14.5 Å². The highest BCUT2D eigenvalue weighted by molar-refractivity contribution is 5.91. The van der Waals surface area contributed by atoms with Crippen LogP contribution in [0.2, 0.25) is 0 Å². The fraction of sp³-hybridized carbons (Fsp3) is 0.188. The number of carbonyl (C=O) groups excluding carboxylic acids is 1. The van der Waals surface area contributed by atoms with E-state index in [1.807, 2.05) is 19.1 Å². The average Bonchev–Trinajstić information content (AvgIpc) is 2.45. The molecule has 0 fully saturated rings. The maximum atomic E-state index is 13.3. The molecule has 0 aliphatic heterocycles. The first-order valence-electron chi connectivity index (χ1n) is 6.49. The van der Waals surface area contributed by atoms with Crippen LogP contribution >= 0.6 is 0 Å². The van der Waals surface area contributed by atoms with Gasteiger partial charge in [0.15, 0.2) is 0 Å². The van der Waals surface area contributed by atoms with E-state index in [2.05, 4.69) is 5.32 Å². The van der Waals surface area contributed by atoms with Crippen LogP contribution in [-0.4, -0.2) is 12.5 Å². The molecule has 21 heavy (non-hydrogen) atoms. The van der Waals surface area contributed by atoms with Gasteiger partial charge in [-0.1, -0.05) is 23.8 Å². The van der Waals surface area contributed by atoms with Crippen molar-refractivity contribution in [2.75, 3.05) is 11.9 Å². The van der Waals surface area contributed by atoms with Crippen LogP contribution in [0.3, 0.4) is 0 Å². The number of amides is 1. The van der Waals surface area contributed by atoms with Crippen LogP contribution in [0, 0.1) is 18.6 Å². The summed E-state index contributed by atoms with van der Waals surface area (Å²) in [6, 6.07) is 10.8. The van der Waals surface area contributed by atoms with Crippen molar-refractivity contribution in [3.8, 4) is 5.75 Å². The molecule has 0 saturated carbocycles. The summed E-state index contributed by atoms with van der Waals surface area (Å²) in [5, 5.41) is 2.20. The number of para-hydroxylation sites is 1. The van der Waals surface area contributed by atoms with Gasteiger partial charge in [0, 0.05) is 0 Å². The molecule has 0 spiro atoms. The summed E-state index contributed by atoms with van der Waals surface area (Å²) in [7, 11) is 0. The monoisotopic (exact) mass is 291 g/mol. The van der Waals surface area contributed by atoms with E-state index in [-0.39, 0.29) is 13.0 Å². The first kappa shape index (κ1) is 15.0. The maximum absolute atomic E-state index is 13.3. The Bertz CT molecular complexity index is 606. The van der Waals surface area contributed by atoms with Crippen molar-refractivity contribution in [1.82, 2.24) is 0 Å². The Balaban J connectivity index is 1.84. The van der Waals surface area contributed by atoms with Gasteiger partial charge in [-0.05, 0) is 31.2 Å². The summed E-state index contributed by atoms with van der Waals surface area (Å²) < 4.78 is 32.1. The third kappa shape index (κ3) is 4.27. The predicted octanol–water partition coefficient (Wildman–Crippen LogP) is 3.68. The number of halogens is 2. The zero-order valence-electron chi connectivity index (χ0n) is 11.5. The highest BCUT2D eigenvalue weighted by Gasteiger charge is 2.11. The molecule has 0 aliphatic carbocycles. The number of nitrogens with one attached hydrogen (secondary N) is 1. The Labute approximate surface area is 121 Å². The zero-order valence-corrected chi connectivity index (χ0v) is 11.5. The van der Waals surface area contributed by atoms with E-state index in [0.717, 1.165) is 17.7 Å². The van der Waals surface area contributed by atoms with E-state index in [4.69, 9.17) is 4.74 Å². The molecule has 2 rings (SSSR count). The van der Waals surface area contributed by atoms with Gasteiger partial charge in [-0.3, -0.25) is 4.79 Å². The molecule has 1 N–H and O–H groups in total. The summed E-state index contributed by atoms with van der Waals surface area (Å²) in [4.78, 5) is 11.6. The molecule has 110 valence electrons. The Morgan fingerprint density at radius 3 is 2.33 bits per heavy atom. The van der Waals surface area contributed by atoms with Gasteiger partial charge in [0.2, 0.25) is 5.91 Å². The molecule has 5 heteroatoms. The van der Waals surface area contributed by atoms with Gasteiger partial charge in [-0.2, -0.15) is 0 Å². The average molecular weight is 291 g/mol. The van der Waals surface area contributed by atoms with Gasteiger partial charge >= 0.3 is 0 Å². The summed E-state index contributed by atoms with van der Waals surface area (Å²) in [5.74, 6) is -1.47. The highest BCUT2D eigenvalue weighted by Crippen LogP contribution is 2.18. The molecule has 0 saturated heterocycles. The summed E-state index contributed by atoms with van der Waals surface area (Å²) in [6.07, 6.45) is 0.00164. The lowest BCUT2D eigenvalue weighted by atomic mass is 10.2. The second-order valence-electron chi connectivity index (χ2n) is 4.56. The van der Waals surface area contributed by atoms with E-state index < -0.39 is 23.2 Å². The van der Waals surface area contributed by atoms with Gasteiger partial charge < -0.3 is 10.1 Å². The Morgan fingerprint density at radius 2 is 1.71 bits per heavy atom. The summed E-state index contributed by atoms with van der Waals surface area (Å²) in [5.41, 5.74) is 0.674. The minimum absolute atomic E-state index is 0.00164. The van der Waals surface area contributed by atoms with E-state index in [1.165, 1.54) is 6.07 Å². The Morgan fingerprint density at radius 1 is 1.10 bits per heavy atom. The van der Waals surface area contributed by atoms with Crippen LogP contribution in [-0.2, 0) is 4.79 Å². The second-order valence-corrected chi connectivity index (χ2v) is 4.56. The molecule has 3 nitrogen and oxygen atoms in total. The van der Waals surface area contributed by atoms with Crippen molar-refractivity contribution in [1.29, 1.82) is 0 Å². The number of hydrogen-bond donors (Lipinski definition) is 1. The highest BCUT2D eigenvalue weighted by atomic mass is 19.1. The van der Waals surface area contributed by atoms with Crippen molar-refractivity contribution in [2.45, 2.75) is 13.3 Å². The fourth-order valence-electron chi connectivity index (χ4n) is 1.72. The molecule has 0 aromatic heterocycles. The lowest BCUT2D eigenvalue weighted by Crippen LogP contribution is -2.17. The van der Waals surface area contributed by atoms with E-state index in [0.29, 0.717) is 5.75 Å². The number of benzene rings is 2. The van der Waals surface area contributed by atoms with Crippen LogP contribution in [0.5, 0.6) is 5.75 Å². The molecule has 1 amide bonds. The molecular formula is C16H15F2NO2. The Hall–Kier alpha value is -2.43. The topological polar surface area (TPSA) is 38.3 Å². The van der Waals surface area contributed by atoms with Crippen LogP contribution in [0.15, 0.2) is 42.5 Å². The maximum Gasteiger partial charge on any atom is 0.227 e. The number of rotatable bonds is 5. The standard InChI is InChI=1S/C16H15F2NO2/c1-11-5-7-12(8-6-11)21-10-9-15(20)19-16-13(17)3-2-4-14(16)18/h2-8H,9-10H2,1H3,(H,19,20). The molecule has 0 radical (unpaired) electrons. The number of ether oxygens (including phenoxy) is 1. The van der Waals surface area contributed by atoms with Crippen molar-refractivity contribution in [3.63, 3.8) is 0 Å². The molecule has 0 heterocycles. The lowest BCUT2D eigenvalue weighted by molar-refractivity contribution is -0.116. The largest absolute Gasteiger partial charge is 0.493 e. The van der Waals surface area contributed by atoms with Gasteiger partial charge in [-0.15, -0.1) is 0 Å². The van der Waals surface area contributed by atoms with Crippen molar-refractivity contribution in [3.05, 3.63) is 59.7 Å². The summed E-state index contributed by atoms with van der Waals surface area (Å²) in [6.45, 7) is 2.09. The minimum atomic E-state index is -0.803. The third-order valence-electron chi connectivity index (χ3n) is 2.85. The van der Waals surface area contributed by atoms with Gasteiger partial charge in [0.05, 0.1) is 13.0 Å². The van der Waals surface area contributed by atoms with Crippen molar-refractivity contribution in [2.24, 2.45) is 0 Å². The first-order valence-corrected chi connectivity index (χ1v) is 6.49. The zero-order chi connectivity index (χ0) is 15.2. The third-order valence-corrected chi connectivity index (χ3v) is 2.85. The Kier molecular flexibility index (Phi) is 4.87. The molecule has 2 aromatic rings. The molecule has 0 unspecified atom stereocenters. The number of carbonyl (C=O) groups is 1. The van der Waals surface area contributed by atoms with Gasteiger partial charge in [0.25, 0.3) is 0 Å². The van der Waals surface area contributed by atoms with E-state index in [9.17, 15) is 13.6 Å². The molecule has 2 aromatic carbocycles. The molecule has 0 bridgehead atoms. The fourth-order valence-corrected chi connectivity index (χ4v) is 1.72. The molecule has 0 aliphatic rings. The van der Waals surface area contributed by atoms with E-state index >= 15 is 0 Å². The molecule has 0 atom stereocenters. The van der Waals surface area contributed by atoms with Crippen LogP contribution < -0.4 is 10.1 Å². The number of aryl methyl sites for hydroxylation is 1. The van der Waals surface area contributed by atoms with Crippen LogP contribution in [0.1, 0.15) is 12.0 Å². The van der Waals surface area contributed by atoms with E-state index in [1.54, 1.807) is 12.1 Å². The summed E-state index contributed by atoms with van der Waals surface area (Å²) >= 11 is 0.